The fourth-order valence-electron chi connectivity index (χ4n) is 4.82. The molecule has 2 aliphatic rings. The fourth-order valence-corrected chi connectivity index (χ4v) is 5.67. The summed E-state index contributed by atoms with van der Waals surface area (Å²) >= 11 is 1.84. The molecule has 2 aromatic heterocycles. The molecule has 11 heteroatoms. The number of hydrogen-bond donors (Lipinski definition) is 3. The maximum absolute atomic E-state index is 14.6. The summed E-state index contributed by atoms with van der Waals surface area (Å²) in [5.74, 6) is -0.0944. The van der Waals surface area contributed by atoms with E-state index < -0.39 is 5.54 Å². The first kappa shape index (κ1) is 22.9. The molecule has 0 bridgehead atoms. The second-order valence-corrected chi connectivity index (χ2v) is 10.4. The Balaban J connectivity index is 1.38. The predicted molar refractivity (Wildman–Crippen MR) is 132 cm³/mol. The van der Waals surface area contributed by atoms with Gasteiger partial charge in [-0.15, -0.1) is 0 Å². The summed E-state index contributed by atoms with van der Waals surface area (Å²) in [5, 5.41) is 3.74. The zero-order valence-corrected chi connectivity index (χ0v) is 20.1. The number of anilines is 2. The third-order valence-electron chi connectivity index (χ3n) is 7.12. The smallest absolute Gasteiger partial charge is 0.242 e. The fraction of sp³-hybridized carbons (Fsp3) is 0.478. The second kappa shape index (κ2) is 8.70. The van der Waals surface area contributed by atoms with Crippen LogP contribution in [-0.2, 0) is 11.3 Å². The summed E-state index contributed by atoms with van der Waals surface area (Å²) in [6, 6.07) is 3.43. The molecular weight excluding hydrogens is 455 g/mol. The highest BCUT2D eigenvalue weighted by molar-refractivity contribution is 7.99. The predicted octanol–water partition coefficient (Wildman–Crippen LogP) is 1.82. The Hall–Kier alpha value is -2.92. The maximum atomic E-state index is 14.6. The highest BCUT2D eigenvalue weighted by Crippen LogP contribution is 2.34. The van der Waals surface area contributed by atoms with Crippen molar-refractivity contribution in [3.8, 4) is 0 Å². The lowest BCUT2D eigenvalue weighted by Crippen LogP contribution is -2.59. The van der Waals surface area contributed by atoms with E-state index in [4.69, 9.17) is 11.5 Å². The lowest BCUT2D eigenvalue weighted by Gasteiger charge is -2.37. The van der Waals surface area contributed by atoms with E-state index in [1.807, 2.05) is 16.3 Å². The van der Waals surface area contributed by atoms with Gasteiger partial charge in [-0.3, -0.25) is 4.79 Å². The van der Waals surface area contributed by atoms with Crippen LogP contribution < -0.4 is 21.7 Å². The van der Waals surface area contributed by atoms with Crippen LogP contribution in [0.4, 0.5) is 15.9 Å². The number of imidazole rings is 1. The van der Waals surface area contributed by atoms with E-state index in [0.29, 0.717) is 53.9 Å². The highest BCUT2D eigenvalue weighted by atomic mass is 32.2. The molecule has 1 atom stereocenters. The number of amides is 1. The SMILES string of the molecule is CSC1CC(NC(=O)[C@@]2(N)CCN(c3ccc(F)c(C)c3Cn3cnc4c(N)ncnc43)C2)C1. The molecule has 2 fully saturated rings. The number of aromatic nitrogens is 4. The normalized spacial score (nSPS) is 24.4. The van der Waals surface area contributed by atoms with E-state index in [1.165, 1.54) is 12.4 Å². The van der Waals surface area contributed by atoms with Gasteiger partial charge in [0.15, 0.2) is 11.5 Å². The molecule has 1 saturated heterocycles. The van der Waals surface area contributed by atoms with Crippen LogP contribution in [0.1, 0.15) is 30.4 Å². The third-order valence-corrected chi connectivity index (χ3v) is 8.17. The number of rotatable bonds is 6. The quantitative estimate of drug-likeness (QED) is 0.483. The van der Waals surface area contributed by atoms with Crippen molar-refractivity contribution in [2.75, 3.05) is 30.0 Å². The van der Waals surface area contributed by atoms with Crippen LogP contribution in [0, 0.1) is 12.7 Å². The van der Waals surface area contributed by atoms with Gasteiger partial charge in [0.1, 0.15) is 23.2 Å². The van der Waals surface area contributed by atoms with E-state index >= 15 is 0 Å². The lowest BCUT2D eigenvalue weighted by atomic mass is 9.90. The lowest BCUT2D eigenvalue weighted by molar-refractivity contribution is -0.126. The van der Waals surface area contributed by atoms with E-state index in [2.05, 4.69) is 31.4 Å². The van der Waals surface area contributed by atoms with Gasteiger partial charge in [0.05, 0.1) is 12.9 Å². The molecular formula is C23H29FN8OS. The minimum absolute atomic E-state index is 0.104. The van der Waals surface area contributed by atoms with E-state index in [9.17, 15) is 9.18 Å². The molecule has 3 heterocycles. The standard InChI is InChI=1S/C23H29FN8OS/c1-13-16(9-32-12-29-19-20(25)27-11-28-21(19)32)18(4-3-17(13)24)31-6-5-23(26,10-31)22(33)30-14-7-15(8-14)34-2/h3-4,11-12,14-15H,5-10,26H2,1-2H3,(H,30,33)(H2,25,27,28)/t14?,15?,23-/m1/s1. The molecule has 1 aliphatic carbocycles. The Labute approximate surface area is 201 Å². The Morgan fingerprint density at radius 3 is 2.88 bits per heavy atom. The summed E-state index contributed by atoms with van der Waals surface area (Å²) < 4.78 is 16.4. The topological polar surface area (TPSA) is 128 Å². The van der Waals surface area contributed by atoms with Crippen molar-refractivity contribution in [3.05, 3.63) is 41.7 Å². The molecule has 0 radical (unpaired) electrons. The number of thioether (sulfide) groups is 1. The zero-order valence-electron chi connectivity index (χ0n) is 19.3. The molecule has 5 N–H and O–H groups in total. The van der Waals surface area contributed by atoms with Crippen molar-refractivity contribution in [1.29, 1.82) is 0 Å². The van der Waals surface area contributed by atoms with Gasteiger partial charge >= 0.3 is 0 Å². The van der Waals surface area contributed by atoms with Gasteiger partial charge in [0.2, 0.25) is 5.91 Å². The van der Waals surface area contributed by atoms with Crippen LogP contribution in [0.2, 0.25) is 0 Å². The van der Waals surface area contributed by atoms with Gasteiger partial charge in [0, 0.05) is 35.6 Å². The van der Waals surface area contributed by atoms with Crippen LogP contribution in [0.15, 0.2) is 24.8 Å². The van der Waals surface area contributed by atoms with Crippen molar-refractivity contribution in [3.63, 3.8) is 0 Å². The molecule has 1 aliphatic heterocycles. The molecule has 1 saturated carbocycles. The number of carbonyl (C=O) groups is 1. The molecule has 1 amide bonds. The monoisotopic (exact) mass is 484 g/mol. The van der Waals surface area contributed by atoms with Crippen LogP contribution in [0.25, 0.3) is 11.2 Å². The summed E-state index contributed by atoms with van der Waals surface area (Å²) in [7, 11) is 0. The molecule has 34 heavy (non-hydrogen) atoms. The number of nitrogens with zero attached hydrogens (tertiary/aromatic N) is 5. The first-order chi connectivity index (χ1) is 16.3. The van der Waals surface area contributed by atoms with E-state index in [-0.39, 0.29) is 17.8 Å². The number of carbonyl (C=O) groups excluding carboxylic acids is 1. The number of halogens is 1. The number of fused-ring (bicyclic) bond motifs is 1. The first-order valence-corrected chi connectivity index (χ1v) is 12.6. The zero-order chi connectivity index (χ0) is 24.0. The van der Waals surface area contributed by atoms with Crippen molar-refractivity contribution >= 4 is 40.3 Å². The van der Waals surface area contributed by atoms with Crippen LogP contribution in [0.5, 0.6) is 0 Å². The molecule has 0 spiro atoms. The van der Waals surface area contributed by atoms with Crippen molar-refractivity contribution in [1.82, 2.24) is 24.8 Å². The Morgan fingerprint density at radius 1 is 1.32 bits per heavy atom. The Bertz CT molecular complexity index is 1240. The van der Waals surface area contributed by atoms with E-state index in [0.717, 1.165) is 24.1 Å². The number of nitrogens with two attached hydrogens (primary N) is 2. The minimum Gasteiger partial charge on any atom is -0.382 e. The largest absolute Gasteiger partial charge is 0.382 e. The van der Waals surface area contributed by atoms with E-state index in [1.54, 1.807) is 19.3 Å². The molecule has 1 aromatic carbocycles. The number of nitrogens with one attached hydrogen (secondary N) is 1. The maximum Gasteiger partial charge on any atom is 0.242 e. The van der Waals surface area contributed by atoms with Crippen LogP contribution in [0.3, 0.4) is 0 Å². The van der Waals surface area contributed by atoms with Crippen molar-refractivity contribution in [2.24, 2.45) is 5.73 Å². The van der Waals surface area contributed by atoms with Crippen molar-refractivity contribution < 1.29 is 9.18 Å². The number of nitrogen functional groups attached to an aromatic ring is 1. The van der Waals surface area contributed by atoms with Crippen LogP contribution >= 0.6 is 11.8 Å². The first-order valence-electron chi connectivity index (χ1n) is 11.4. The summed E-state index contributed by atoms with van der Waals surface area (Å²) in [5.41, 5.74) is 14.8. The Kier molecular flexibility index (Phi) is 5.85. The summed E-state index contributed by atoms with van der Waals surface area (Å²) in [6.45, 7) is 3.09. The number of hydrogen-bond acceptors (Lipinski definition) is 8. The molecule has 180 valence electrons. The number of benzene rings is 1. The van der Waals surface area contributed by atoms with Gasteiger partial charge < -0.3 is 26.3 Å². The molecule has 9 nitrogen and oxygen atoms in total. The van der Waals surface area contributed by atoms with Gasteiger partial charge in [-0.1, -0.05) is 0 Å². The molecule has 3 aromatic rings. The minimum atomic E-state index is -0.979. The molecule has 5 rings (SSSR count). The average molecular weight is 485 g/mol. The van der Waals surface area contributed by atoms with Gasteiger partial charge in [0.25, 0.3) is 0 Å². The van der Waals surface area contributed by atoms with Crippen LogP contribution in [-0.4, -0.2) is 61.6 Å². The average Bonchev–Trinajstić information content (AvgIpc) is 3.39. The van der Waals surface area contributed by atoms with Gasteiger partial charge in [-0.25, -0.2) is 19.3 Å². The highest BCUT2D eigenvalue weighted by Gasteiger charge is 2.43. The van der Waals surface area contributed by atoms with Gasteiger partial charge in [-0.05, 0) is 50.1 Å². The summed E-state index contributed by atoms with van der Waals surface area (Å²) in [4.78, 5) is 27.7. The third kappa shape index (κ3) is 3.96. The van der Waals surface area contributed by atoms with Gasteiger partial charge in [-0.2, -0.15) is 11.8 Å². The Morgan fingerprint density at radius 2 is 2.12 bits per heavy atom. The summed E-state index contributed by atoms with van der Waals surface area (Å²) in [6.07, 6.45) is 7.63. The van der Waals surface area contributed by atoms with Crippen molar-refractivity contribution in [2.45, 2.75) is 49.6 Å². The second-order valence-electron chi connectivity index (χ2n) is 9.30. The molecule has 0 unspecified atom stereocenters.